The SMILES string of the molecule is COc1cccc2c(NC(C)(C)CN)nccc12. The summed E-state index contributed by atoms with van der Waals surface area (Å²) in [5, 5.41) is 5.46. The molecule has 0 saturated heterocycles. The van der Waals surface area contributed by atoms with Crippen LogP contribution in [0.5, 0.6) is 5.75 Å². The van der Waals surface area contributed by atoms with Gasteiger partial charge in [0.2, 0.25) is 0 Å². The van der Waals surface area contributed by atoms with Gasteiger partial charge in [-0.15, -0.1) is 0 Å². The van der Waals surface area contributed by atoms with Crippen molar-refractivity contribution in [2.75, 3.05) is 19.0 Å². The number of anilines is 1. The Balaban J connectivity index is 2.52. The molecule has 3 N–H and O–H groups in total. The van der Waals surface area contributed by atoms with Gasteiger partial charge in [0.1, 0.15) is 11.6 Å². The zero-order valence-corrected chi connectivity index (χ0v) is 11.0. The molecule has 0 aliphatic heterocycles. The van der Waals surface area contributed by atoms with Crippen molar-refractivity contribution in [1.29, 1.82) is 0 Å². The first kappa shape index (κ1) is 12.6. The fourth-order valence-corrected chi connectivity index (χ4v) is 1.83. The first-order valence-electron chi connectivity index (χ1n) is 5.97. The number of nitrogens with one attached hydrogen (secondary N) is 1. The third kappa shape index (κ3) is 2.38. The lowest BCUT2D eigenvalue weighted by atomic mass is 10.1. The highest BCUT2D eigenvalue weighted by molar-refractivity contribution is 5.96. The second-order valence-corrected chi connectivity index (χ2v) is 4.93. The molecule has 18 heavy (non-hydrogen) atoms. The Bertz CT molecular complexity index is 552. The van der Waals surface area contributed by atoms with Gasteiger partial charge in [-0.1, -0.05) is 12.1 Å². The summed E-state index contributed by atoms with van der Waals surface area (Å²) in [6.45, 7) is 4.64. The molecule has 0 saturated carbocycles. The Morgan fingerprint density at radius 1 is 1.28 bits per heavy atom. The van der Waals surface area contributed by atoms with Crippen molar-refractivity contribution in [3.8, 4) is 5.75 Å². The van der Waals surface area contributed by atoms with Gasteiger partial charge in [-0.2, -0.15) is 0 Å². The summed E-state index contributed by atoms with van der Waals surface area (Å²) >= 11 is 0. The summed E-state index contributed by atoms with van der Waals surface area (Å²) in [5.74, 6) is 1.69. The zero-order chi connectivity index (χ0) is 13.2. The van der Waals surface area contributed by atoms with E-state index in [1.165, 1.54) is 0 Å². The molecule has 0 amide bonds. The van der Waals surface area contributed by atoms with Crippen LogP contribution in [0.1, 0.15) is 13.8 Å². The van der Waals surface area contributed by atoms with Crippen molar-refractivity contribution in [3.63, 3.8) is 0 Å². The third-order valence-electron chi connectivity index (χ3n) is 2.95. The second-order valence-electron chi connectivity index (χ2n) is 4.93. The predicted molar refractivity (Wildman–Crippen MR) is 75.1 cm³/mol. The Morgan fingerprint density at radius 3 is 2.72 bits per heavy atom. The van der Waals surface area contributed by atoms with Crippen molar-refractivity contribution in [2.24, 2.45) is 5.73 Å². The number of nitrogens with two attached hydrogens (primary N) is 1. The summed E-state index contributed by atoms with van der Waals surface area (Å²) < 4.78 is 5.36. The largest absolute Gasteiger partial charge is 0.496 e. The highest BCUT2D eigenvalue weighted by Gasteiger charge is 2.17. The lowest BCUT2D eigenvalue weighted by Crippen LogP contribution is -2.39. The summed E-state index contributed by atoms with van der Waals surface area (Å²) in [6, 6.07) is 7.89. The lowest BCUT2D eigenvalue weighted by molar-refractivity contribution is 0.420. The fraction of sp³-hybridized carbons (Fsp3) is 0.357. The maximum absolute atomic E-state index is 5.74. The molecule has 0 atom stereocenters. The van der Waals surface area contributed by atoms with Gasteiger partial charge in [-0.25, -0.2) is 4.98 Å². The van der Waals surface area contributed by atoms with Crippen molar-refractivity contribution in [1.82, 2.24) is 4.98 Å². The Morgan fingerprint density at radius 2 is 2.06 bits per heavy atom. The minimum Gasteiger partial charge on any atom is -0.496 e. The van der Waals surface area contributed by atoms with Crippen LogP contribution in [-0.2, 0) is 0 Å². The second kappa shape index (κ2) is 4.82. The highest BCUT2D eigenvalue weighted by atomic mass is 16.5. The number of hydrogen-bond donors (Lipinski definition) is 2. The molecular formula is C14H19N3O. The molecule has 0 spiro atoms. The van der Waals surface area contributed by atoms with Gasteiger partial charge in [0.15, 0.2) is 0 Å². The van der Waals surface area contributed by atoms with Crippen LogP contribution in [0.25, 0.3) is 10.8 Å². The van der Waals surface area contributed by atoms with Crippen LogP contribution in [-0.4, -0.2) is 24.2 Å². The average molecular weight is 245 g/mol. The smallest absolute Gasteiger partial charge is 0.134 e. The van der Waals surface area contributed by atoms with E-state index in [9.17, 15) is 0 Å². The number of rotatable bonds is 4. The van der Waals surface area contributed by atoms with Crippen molar-refractivity contribution in [3.05, 3.63) is 30.5 Å². The van der Waals surface area contributed by atoms with E-state index in [0.29, 0.717) is 6.54 Å². The normalized spacial score (nSPS) is 11.6. The standard InChI is InChI=1S/C14H19N3O/c1-14(2,9-15)17-13-11-5-4-6-12(18-3)10(11)7-8-16-13/h4-8H,9,15H2,1-3H3,(H,16,17). The molecule has 0 aliphatic rings. The molecule has 0 radical (unpaired) electrons. The van der Waals surface area contributed by atoms with Gasteiger partial charge in [0.05, 0.1) is 7.11 Å². The van der Waals surface area contributed by atoms with Crippen molar-refractivity contribution >= 4 is 16.6 Å². The molecule has 0 unspecified atom stereocenters. The van der Waals surface area contributed by atoms with Crippen LogP contribution in [0.4, 0.5) is 5.82 Å². The summed E-state index contributed by atoms with van der Waals surface area (Å²) in [5.41, 5.74) is 5.55. The van der Waals surface area contributed by atoms with E-state index >= 15 is 0 Å². The molecule has 2 aromatic rings. The number of fused-ring (bicyclic) bond motifs is 1. The highest BCUT2D eigenvalue weighted by Crippen LogP contribution is 2.30. The number of aromatic nitrogens is 1. The van der Waals surface area contributed by atoms with Crippen LogP contribution in [0.2, 0.25) is 0 Å². The van der Waals surface area contributed by atoms with Crippen LogP contribution in [0, 0.1) is 0 Å². The van der Waals surface area contributed by atoms with Crippen LogP contribution >= 0.6 is 0 Å². The molecule has 2 rings (SSSR count). The van der Waals surface area contributed by atoms with Crippen LogP contribution < -0.4 is 15.8 Å². The first-order chi connectivity index (χ1) is 8.57. The minimum absolute atomic E-state index is 0.190. The summed E-state index contributed by atoms with van der Waals surface area (Å²) in [7, 11) is 1.67. The van der Waals surface area contributed by atoms with E-state index in [1.807, 2.05) is 38.1 Å². The molecule has 1 aromatic carbocycles. The molecule has 0 fully saturated rings. The molecular weight excluding hydrogens is 226 g/mol. The molecule has 0 aliphatic carbocycles. The predicted octanol–water partition coefficient (Wildman–Crippen LogP) is 2.39. The molecule has 4 nitrogen and oxygen atoms in total. The minimum atomic E-state index is -0.190. The number of hydrogen-bond acceptors (Lipinski definition) is 4. The molecule has 1 aromatic heterocycles. The third-order valence-corrected chi connectivity index (χ3v) is 2.95. The quantitative estimate of drug-likeness (QED) is 0.868. The lowest BCUT2D eigenvalue weighted by Gasteiger charge is -2.25. The maximum atomic E-state index is 5.74. The maximum Gasteiger partial charge on any atom is 0.134 e. The van der Waals surface area contributed by atoms with E-state index in [-0.39, 0.29) is 5.54 Å². The summed E-state index contributed by atoms with van der Waals surface area (Å²) in [4.78, 5) is 4.39. The van der Waals surface area contributed by atoms with E-state index in [0.717, 1.165) is 22.3 Å². The molecule has 96 valence electrons. The van der Waals surface area contributed by atoms with Gasteiger partial charge < -0.3 is 15.8 Å². The molecule has 4 heteroatoms. The Hall–Kier alpha value is -1.81. The van der Waals surface area contributed by atoms with Crippen LogP contribution in [0.15, 0.2) is 30.5 Å². The van der Waals surface area contributed by atoms with Crippen molar-refractivity contribution in [2.45, 2.75) is 19.4 Å². The van der Waals surface area contributed by atoms with E-state index in [1.54, 1.807) is 13.3 Å². The molecule has 1 heterocycles. The van der Waals surface area contributed by atoms with E-state index in [4.69, 9.17) is 10.5 Å². The number of ether oxygens (including phenoxy) is 1. The topological polar surface area (TPSA) is 60.2 Å². The number of benzene rings is 1. The van der Waals surface area contributed by atoms with Crippen LogP contribution in [0.3, 0.4) is 0 Å². The fourth-order valence-electron chi connectivity index (χ4n) is 1.83. The number of methoxy groups -OCH3 is 1. The van der Waals surface area contributed by atoms with Crippen molar-refractivity contribution < 1.29 is 4.74 Å². The van der Waals surface area contributed by atoms with Gasteiger partial charge >= 0.3 is 0 Å². The zero-order valence-electron chi connectivity index (χ0n) is 11.0. The number of pyridine rings is 1. The first-order valence-corrected chi connectivity index (χ1v) is 5.97. The van der Waals surface area contributed by atoms with E-state index < -0.39 is 0 Å². The Labute approximate surface area is 107 Å². The monoisotopic (exact) mass is 245 g/mol. The summed E-state index contributed by atoms with van der Waals surface area (Å²) in [6.07, 6.45) is 1.78. The number of nitrogens with zero attached hydrogens (tertiary/aromatic N) is 1. The van der Waals surface area contributed by atoms with Gasteiger partial charge in [-0.05, 0) is 26.0 Å². The van der Waals surface area contributed by atoms with E-state index in [2.05, 4.69) is 10.3 Å². The van der Waals surface area contributed by atoms with Gasteiger partial charge in [0, 0.05) is 29.1 Å². The van der Waals surface area contributed by atoms with Gasteiger partial charge in [0.25, 0.3) is 0 Å². The molecule has 0 bridgehead atoms. The van der Waals surface area contributed by atoms with Gasteiger partial charge in [-0.3, -0.25) is 0 Å². The average Bonchev–Trinajstić information content (AvgIpc) is 2.38. The Kier molecular flexibility index (Phi) is 3.39.